The van der Waals surface area contributed by atoms with Crippen molar-refractivity contribution in [2.75, 3.05) is 12.4 Å². The van der Waals surface area contributed by atoms with Gasteiger partial charge < -0.3 is 10.1 Å². The van der Waals surface area contributed by atoms with Crippen molar-refractivity contribution in [3.8, 4) is 5.75 Å². The Hall–Kier alpha value is -2.03. The number of carbonyl (C=O) groups is 1. The highest BCUT2D eigenvalue weighted by Crippen LogP contribution is 2.36. The van der Waals surface area contributed by atoms with Crippen LogP contribution in [-0.2, 0) is 21.4 Å². The lowest BCUT2D eigenvalue weighted by Crippen LogP contribution is -2.23. The normalized spacial score (nSPS) is 17.2. The van der Waals surface area contributed by atoms with E-state index in [1.807, 2.05) is 6.92 Å². The van der Waals surface area contributed by atoms with Crippen molar-refractivity contribution < 1.29 is 17.9 Å². The molecular formula is C18H20N2O4S2. The molecule has 2 N–H and O–H groups in total. The van der Waals surface area contributed by atoms with Crippen LogP contribution >= 0.6 is 11.8 Å². The molecule has 0 unspecified atom stereocenters. The lowest BCUT2D eigenvalue weighted by atomic mass is 10.2. The zero-order chi connectivity index (χ0) is 18.7. The molecule has 1 amide bonds. The summed E-state index contributed by atoms with van der Waals surface area (Å²) >= 11 is 1.56. The van der Waals surface area contributed by atoms with Crippen LogP contribution < -0.4 is 14.8 Å². The molecule has 1 aliphatic rings. The van der Waals surface area contributed by atoms with Crippen LogP contribution in [0.4, 0.5) is 5.69 Å². The number of rotatable bonds is 5. The van der Waals surface area contributed by atoms with E-state index < -0.39 is 10.0 Å². The van der Waals surface area contributed by atoms with Gasteiger partial charge in [0.15, 0.2) is 0 Å². The minimum Gasteiger partial charge on any atom is -0.497 e. The van der Waals surface area contributed by atoms with Gasteiger partial charge in [0.2, 0.25) is 15.9 Å². The molecule has 2 aromatic carbocycles. The molecule has 1 aliphatic heterocycles. The van der Waals surface area contributed by atoms with Gasteiger partial charge in [-0.1, -0.05) is 19.1 Å². The molecule has 138 valence electrons. The summed E-state index contributed by atoms with van der Waals surface area (Å²) in [6, 6.07) is 12.0. The Morgan fingerprint density at radius 3 is 2.65 bits per heavy atom. The van der Waals surface area contributed by atoms with Gasteiger partial charge in [0.05, 0.1) is 17.7 Å². The summed E-state index contributed by atoms with van der Waals surface area (Å²) in [5.41, 5.74) is 1.36. The molecule has 1 heterocycles. The summed E-state index contributed by atoms with van der Waals surface area (Å²) in [7, 11) is -2.12. The number of carbonyl (C=O) groups excluding carboxylic acids is 1. The number of anilines is 1. The Bertz CT molecular complexity index is 911. The van der Waals surface area contributed by atoms with E-state index in [9.17, 15) is 13.2 Å². The number of fused-ring (bicyclic) bond motifs is 1. The van der Waals surface area contributed by atoms with Crippen LogP contribution in [0, 0.1) is 0 Å². The first kappa shape index (κ1) is 18.8. The fourth-order valence-electron chi connectivity index (χ4n) is 2.60. The first-order valence-corrected chi connectivity index (χ1v) is 10.5. The number of hydrogen-bond acceptors (Lipinski definition) is 5. The molecule has 1 atom stereocenters. The van der Waals surface area contributed by atoms with Gasteiger partial charge in [-0.05, 0) is 35.9 Å². The molecule has 0 aliphatic carbocycles. The van der Waals surface area contributed by atoms with E-state index in [0.29, 0.717) is 17.9 Å². The molecule has 0 aromatic heterocycles. The first-order chi connectivity index (χ1) is 12.4. The third kappa shape index (κ3) is 4.38. The van der Waals surface area contributed by atoms with Gasteiger partial charge in [-0.25, -0.2) is 13.1 Å². The summed E-state index contributed by atoms with van der Waals surface area (Å²) in [5, 5.41) is 2.93. The maximum atomic E-state index is 12.6. The van der Waals surface area contributed by atoms with Crippen LogP contribution in [0.2, 0.25) is 0 Å². The first-order valence-electron chi connectivity index (χ1n) is 8.10. The van der Waals surface area contributed by atoms with Crippen molar-refractivity contribution in [3.05, 3.63) is 48.0 Å². The van der Waals surface area contributed by atoms with Crippen molar-refractivity contribution in [3.63, 3.8) is 0 Å². The Labute approximate surface area is 157 Å². The van der Waals surface area contributed by atoms with Gasteiger partial charge in [0.25, 0.3) is 0 Å². The van der Waals surface area contributed by atoms with Gasteiger partial charge in [0, 0.05) is 23.1 Å². The predicted molar refractivity (Wildman–Crippen MR) is 102 cm³/mol. The molecule has 8 heteroatoms. The number of amides is 1. The smallest absolute Gasteiger partial charge is 0.240 e. The van der Waals surface area contributed by atoms with Crippen LogP contribution in [0.25, 0.3) is 0 Å². The fraction of sp³-hybridized carbons (Fsp3) is 0.278. The second kappa shape index (κ2) is 7.69. The Morgan fingerprint density at radius 1 is 1.23 bits per heavy atom. The van der Waals surface area contributed by atoms with E-state index in [2.05, 4.69) is 10.0 Å². The van der Waals surface area contributed by atoms with Crippen molar-refractivity contribution in [2.45, 2.75) is 34.9 Å². The Balaban J connectivity index is 1.77. The molecule has 0 bridgehead atoms. The van der Waals surface area contributed by atoms with Crippen molar-refractivity contribution >= 4 is 33.4 Å². The average Bonchev–Trinajstić information content (AvgIpc) is 2.76. The minimum absolute atomic E-state index is 0.107. The second-order valence-corrected chi connectivity index (χ2v) is 9.26. The molecule has 0 radical (unpaired) electrons. The van der Waals surface area contributed by atoms with Crippen molar-refractivity contribution in [1.82, 2.24) is 4.72 Å². The summed E-state index contributed by atoms with van der Waals surface area (Å²) in [6.45, 7) is 2.14. The van der Waals surface area contributed by atoms with Crippen molar-refractivity contribution in [1.29, 1.82) is 0 Å². The number of methoxy groups -OCH3 is 1. The third-order valence-corrected chi connectivity index (χ3v) is 6.54. The number of ether oxygens (including phenoxy) is 1. The molecule has 0 saturated heterocycles. The summed E-state index contributed by atoms with van der Waals surface area (Å²) in [4.78, 5) is 12.9. The van der Waals surface area contributed by atoms with E-state index in [4.69, 9.17) is 4.74 Å². The molecule has 6 nitrogen and oxygen atoms in total. The Morgan fingerprint density at radius 2 is 1.96 bits per heavy atom. The van der Waals surface area contributed by atoms with Gasteiger partial charge in [-0.3, -0.25) is 4.79 Å². The zero-order valence-corrected chi connectivity index (χ0v) is 16.1. The molecule has 2 aromatic rings. The number of thioether (sulfide) groups is 1. The van der Waals surface area contributed by atoms with Gasteiger partial charge in [0.1, 0.15) is 5.75 Å². The standard InChI is InChI=1S/C18H20N2O4S2/c1-12-9-18(21)20-16-10-15(7-8-17(16)25-12)26(22,23)19-11-13-3-5-14(24-2)6-4-13/h3-8,10,12,19H,9,11H2,1-2H3,(H,20,21)/t12-/m0/s1. The topological polar surface area (TPSA) is 84.5 Å². The molecule has 0 fully saturated rings. The van der Waals surface area contributed by atoms with Crippen LogP contribution in [-0.4, -0.2) is 26.7 Å². The fourth-order valence-corrected chi connectivity index (χ4v) is 4.70. The highest BCUT2D eigenvalue weighted by atomic mass is 32.2. The van der Waals surface area contributed by atoms with E-state index in [-0.39, 0.29) is 22.6 Å². The van der Waals surface area contributed by atoms with Gasteiger partial charge in [-0.15, -0.1) is 11.8 Å². The third-order valence-electron chi connectivity index (χ3n) is 3.96. The number of nitrogens with one attached hydrogen (secondary N) is 2. The quantitative estimate of drug-likeness (QED) is 0.817. The number of sulfonamides is 1. The molecule has 26 heavy (non-hydrogen) atoms. The SMILES string of the molecule is COc1ccc(CNS(=O)(=O)c2ccc3c(c2)NC(=O)C[C@H](C)S3)cc1. The van der Waals surface area contributed by atoms with Crippen LogP contribution in [0.3, 0.4) is 0 Å². The van der Waals surface area contributed by atoms with E-state index in [1.165, 1.54) is 6.07 Å². The highest BCUT2D eigenvalue weighted by Gasteiger charge is 2.22. The predicted octanol–water partition coefficient (Wildman–Crippen LogP) is 3.00. The van der Waals surface area contributed by atoms with Crippen LogP contribution in [0.1, 0.15) is 18.9 Å². The van der Waals surface area contributed by atoms with E-state index in [0.717, 1.165) is 10.5 Å². The summed E-state index contributed by atoms with van der Waals surface area (Å²) < 4.78 is 32.9. The highest BCUT2D eigenvalue weighted by molar-refractivity contribution is 8.00. The van der Waals surface area contributed by atoms with Gasteiger partial charge in [-0.2, -0.15) is 0 Å². The number of benzene rings is 2. The maximum absolute atomic E-state index is 12.6. The number of hydrogen-bond donors (Lipinski definition) is 2. The summed E-state index contributed by atoms with van der Waals surface area (Å²) in [5.74, 6) is 0.606. The molecular weight excluding hydrogens is 372 g/mol. The minimum atomic E-state index is -3.69. The second-order valence-electron chi connectivity index (χ2n) is 6.01. The molecule has 3 rings (SSSR count). The zero-order valence-electron chi connectivity index (χ0n) is 14.5. The molecule has 0 spiro atoms. The lowest BCUT2D eigenvalue weighted by Gasteiger charge is -2.11. The largest absolute Gasteiger partial charge is 0.497 e. The van der Waals surface area contributed by atoms with Crippen LogP contribution in [0.15, 0.2) is 52.3 Å². The Kier molecular flexibility index (Phi) is 5.55. The van der Waals surface area contributed by atoms with Gasteiger partial charge >= 0.3 is 0 Å². The maximum Gasteiger partial charge on any atom is 0.240 e. The van der Waals surface area contributed by atoms with E-state index in [1.54, 1.807) is 55.3 Å². The van der Waals surface area contributed by atoms with Crippen molar-refractivity contribution in [2.24, 2.45) is 0 Å². The van der Waals surface area contributed by atoms with Crippen LogP contribution in [0.5, 0.6) is 5.75 Å². The molecule has 0 saturated carbocycles. The summed E-state index contributed by atoms with van der Waals surface area (Å²) in [6.07, 6.45) is 0.400. The van der Waals surface area contributed by atoms with E-state index >= 15 is 0 Å². The lowest BCUT2D eigenvalue weighted by molar-refractivity contribution is -0.116. The average molecular weight is 393 g/mol. The monoisotopic (exact) mass is 392 g/mol.